The second-order valence-electron chi connectivity index (χ2n) is 2.83. The summed E-state index contributed by atoms with van der Waals surface area (Å²) in [5, 5.41) is 9.52. The Balaban J connectivity index is 3.09. The molecule has 14 heavy (non-hydrogen) atoms. The lowest BCUT2D eigenvalue weighted by molar-refractivity contribution is 0.0593. The van der Waals surface area contributed by atoms with E-state index in [1.54, 1.807) is 24.3 Å². The summed E-state index contributed by atoms with van der Waals surface area (Å²) in [6.45, 7) is 0.0774. The van der Waals surface area contributed by atoms with Crippen LogP contribution >= 0.6 is 0 Å². The summed E-state index contributed by atoms with van der Waals surface area (Å²) in [4.78, 5) is 11.3. The topological polar surface area (TPSA) is 72.5 Å². The molecule has 3 N–H and O–H groups in total. The van der Waals surface area contributed by atoms with E-state index < -0.39 is 12.1 Å². The van der Waals surface area contributed by atoms with Crippen LogP contribution in [0.2, 0.25) is 0 Å². The van der Waals surface area contributed by atoms with Crippen LogP contribution in [-0.4, -0.2) is 24.7 Å². The van der Waals surface area contributed by atoms with Gasteiger partial charge >= 0.3 is 5.97 Å². The van der Waals surface area contributed by atoms with Crippen molar-refractivity contribution in [1.82, 2.24) is 0 Å². The van der Waals surface area contributed by atoms with Gasteiger partial charge in [-0.3, -0.25) is 0 Å². The third-order valence-corrected chi connectivity index (χ3v) is 1.95. The molecule has 0 radical (unpaired) electrons. The average Bonchev–Trinajstić information content (AvgIpc) is 2.27. The van der Waals surface area contributed by atoms with Gasteiger partial charge in [0.1, 0.15) is 0 Å². The van der Waals surface area contributed by atoms with E-state index in [0.29, 0.717) is 11.1 Å². The summed E-state index contributed by atoms with van der Waals surface area (Å²) in [6.07, 6.45) is -0.828. The minimum absolute atomic E-state index is 0.0774. The molecular formula is C10H13NO3. The molecule has 1 aromatic carbocycles. The van der Waals surface area contributed by atoms with Crippen LogP contribution in [0, 0.1) is 0 Å². The molecule has 4 nitrogen and oxygen atoms in total. The highest BCUT2D eigenvalue weighted by Crippen LogP contribution is 2.17. The van der Waals surface area contributed by atoms with Gasteiger partial charge in [-0.1, -0.05) is 18.2 Å². The molecule has 0 heterocycles. The Hall–Kier alpha value is -1.39. The molecule has 0 aliphatic carbocycles. The first-order valence-electron chi connectivity index (χ1n) is 4.26. The Kier molecular flexibility index (Phi) is 3.62. The van der Waals surface area contributed by atoms with Gasteiger partial charge in [-0.25, -0.2) is 4.79 Å². The molecule has 0 fully saturated rings. The van der Waals surface area contributed by atoms with Crippen LogP contribution in [0.15, 0.2) is 24.3 Å². The number of benzene rings is 1. The number of rotatable bonds is 3. The van der Waals surface area contributed by atoms with Gasteiger partial charge in [-0.2, -0.15) is 0 Å². The van der Waals surface area contributed by atoms with Gasteiger partial charge < -0.3 is 15.6 Å². The zero-order valence-electron chi connectivity index (χ0n) is 7.93. The van der Waals surface area contributed by atoms with Crippen molar-refractivity contribution in [2.75, 3.05) is 13.7 Å². The SMILES string of the molecule is COC(=O)c1ccccc1C(O)CN. The zero-order valence-corrected chi connectivity index (χ0v) is 7.93. The Labute approximate surface area is 82.3 Å². The summed E-state index contributed by atoms with van der Waals surface area (Å²) in [5.74, 6) is -0.465. The average molecular weight is 195 g/mol. The summed E-state index contributed by atoms with van der Waals surface area (Å²) in [7, 11) is 1.30. The lowest BCUT2D eigenvalue weighted by Gasteiger charge is -2.11. The molecular weight excluding hydrogens is 182 g/mol. The predicted octanol–water partition coefficient (Wildman–Crippen LogP) is 0.465. The van der Waals surface area contributed by atoms with E-state index in [1.165, 1.54) is 7.11 Å². The van der Waals surface area contributed by atoms with Crippen molar-refractivity contribution >= 4 is 5.97 Å². The molecule has 0 aliphatic rings. The maximum Gasteiger partial charge on any atom is 0.338 e. The lowest BCUT2D eigenvalue weighted by atomic mass is 10.0. The van der Waals surface area contributed by atoms with Gasteiger partial charge in [0.2, 0.25) is 0 Å². The monoisotopic (exact) mass is 195 g/mol. The maximum atomic E-state index is 11.3. The molecule has 0 aromatic heterocycles. The second-order valence-corrected chi connectivity index (χ2v) is 2.83. The van der Waals surface area contributed by atoms with Crippen molar-refractivity contribution in [1.29, 1.82) is 0 Å². The molecule has 76 valence electrons. The molecule has 4 heteroatoms. The normalized spacial score (nSPS) is 12.2. The Morgan fingerprint density at radius 1 is 1.57 bits per heavy atom. The number of aliphatic hydroxyl groups excluding tert-OH is 1. The van der Waals surface area contributed by atoms with E-state index in [9.17, 15) is 9.90 Å². The Morgan fingerprint density at radius 3 is 2.79 bits per heavy atom. The summed E-state index contributed by atoms with van der Waals surface area (Å²) < 4.78 is 4.58. The summed E-state index contributed by atoms with van der Waals surface area (Å²) in [5.41, 5.74) is 6.17. The molecule has 0 amide bonds. The zero-order chi connectivity index (χ0) is 10.6. The first-order chi connectivity index (χ1) is 6.70. The maximum absolute atomic E-state index is 11.3. The fourth-order valence-electron chi connectivity index (χ4n) is 1.21. The highest BCUT2D eigenvalue weighted by atomic mass is 16.5. The van der Waals surface area contributed by atoms with Gasteiger partial charge in [0, 0.05) is 6.54 Å². The van der Waals surface area contributed by atoms with Crippen LogP contribution in [0.25, 0.3) is 0 Å². The van der Waals surface area contributed by atoms with E-state index >= 15 is 0 Å². The fourth-order valence-corrected chi connectivity index (χ4v) is 1.21. The van der Waals surface area contributed by atoms with E-state index in [1.807, 2.05) is 0 Å². The molecule has 1 rings (SSSR count). The number of aliphatic hydroxyl groups is 1. The molecule has 0 saturated heterocycles. The predicted molar refractivity (Wildman–Crippen MR) is 51.8 cm³/mol. The molecule has 0 bridgehead atoms. The van der Waals surface area contributed by atoms with Gasteiger partial charge in [-0.15, -0.1) is 0 Å². The van der Waals surface area contributed by atoms with Crippen LogP contribution in [0.5, 0.6) is 0 Å². The summed E-state index contributed by atoms with van der Waals surface area (Å²) >= 11 is 0. The third kappa shape index (κ3) is 2.10. The second kappa shape index (κ2) is 4.74. The number of methoxy groups -OCH3 is 1. The molecule has 0 spiro atoms. The van der Waals surface area contributed by atoms with Gasteiger partial charge in [0.15, 0.2) is 0 Å². The van der Waals surface area contributed by atoms with Crippen LogP contribution in [0.1, 0.15) is 22.0 Å². The number of hydrogen-bond donors (Lipinski definition) is 2. The van der Waals surface area contributed by atoms with Crippen LogP contribution in [0.3, 0.4) is 0 Å². The van der Waals surface area contributed by atoms with Gasteiger partial charge in [0.25, 0.3) is 0 Å². The Morgan fingerprint density at radius 2 is 2.21 bits per heavy atom. The van der Waals surface area contributed by atoms with Crippen molar-refractivity contribution in [3.8, 4) is 0 Å². The van der Waals surface area contributed by atoms with Crippen LogP contribution in [0.4, 0.5) is 0 Å². The Bertz CT molecular complexity index is 325. The molecule has 1 unspecified atom stereocenters. The van der Waals surface area contributed by atoms with Crippen LogP contribution in [-0.2, 0) is 4.74 Å². The first kappa shape index (κ1) is 10.7. The lowest BCUT2D eigenvalue weighted by Crippen LogP contribution is -2.15. The van der Waals surface area contributed by atoms with E-state index in [2.05, 4.69) is 4.74 Å². The van der Waals surface area contributed by atoms with Gasteiger partial charge in [0.05, 0.1) is 18.8 Å². The number of carbonyl (C=O) groups excluding carboxylic acids is 1. The summed E-state index contributed by atoms with van der Waals surface area (Å²) in [6, 6.07) is 6.70. The third-order valence-electron chi connectivity index (χ3n) is 1.95. The van der Waals surface area contributed by atoms with Crippen molar-refractivity contribution < 1.29 is 14.6 Å². The number of esters is 1. The molecule has 0 saturated carbocycles. The standard InChI is InChI=1S/C10H13NO3/c1-14-10(13)8-5-3-2-4-7(8)9(12)6-11/h2-5,9,12H,6,11H2,1H3. The highest BCUT2D eigenvalue weighted by Gasteiger charge is 2.15. The van der Waals surface area contributed by atoms with E-state index in [4.69, 9.17) is 5.73 Å². The largest absolute Gasteiger partial charge is 0.465 e. The van der Waals surface area contributed by atoms with Crippen molar-refractivity contribution in [2.45, 2.75) is 6.10 Å². The fraction of sp³-hybridized carbons (Fsp3) is 0.300. The van der Waals surface area contributed by atoms with E-state index in [-0.39, 0.29) is 6.54 Å². The van der Waals surface area contributed by atoms with Gasteiger partial charge in [-0.05, 0) is 11.6 Å². The molecule has 1 atom stereocenters. The highest BCUT2D eigenvalue weighted by molar-refractivity contribution is 5.91. The molecule has 0 aliphatic heterocycles. The smallest absolute Gasteiger partial charge is 0.338 e. The number of hydrogen-bond acceptors (Lipinski definition) is 4. The number of carbonyl (C=O) groups is 1. The van der Waals surface area contributed by atoms with E-state index in [0.717, 1.165) is 0 Å². The van der Waals surface area contributed by atoms with Crippen LogP contribution < -0.4 is 5.73 Å². The minimum Gasteiger partial charge on any atom is -0.465 e. The van der Waals surface area contributed by atoms with Crippen molar-refractivity contribution in [3.05, 3.63) is 35.4 Å². The quantitative estimate of drug-likeness (QED) is 0.687. The minimum atomic E-state index is -0.828. The van der Waals surface area contributed by atoms with Crippen molar-refractivity contribution in [3.63, 3.8) is 0 Å². The first-order valence-corrected chi connectivity index (χ1v) is 4.26. The number of ether oxygens (including phenoxy) is 1. The van der Waals surface area contributed by atoms with Crippen molar-refractivity contribution in [2.24, 2.45) is 5.73 Å². The molecule has 1 aromatic rings. The number of nitrogens with two attached hydrogens (primary N) is 1.